The molecule has 4 heterocycles. The first-order valence-corrected chi connectivity index (χ1v) is 13.2. The van der Waals surface area contributed by atoms with Crippen molar-refractivity contribution in [2.24, 2.45) is 0 Å². The molecule has 3 aliphatic rings. The van der Waals surface area contributed by atoms with Crippen LogP contribution in [0.1, 0.15) is 60.6 Å². The van der Waals surface area contributed by atoms with Crippen LogP contribution in [0.25, 0.3) is 10.2 Å². The molecule has 178 valence electrons. The van der Waals surface area contributed by atoms with Gasteiger partial charge in [-0.1, -0.05) is 6.07 Å². The van der Waals surface area contributed by atoms with Gasteiger partial charge in [-0.25, -0.2) is 4.98 Å². The van der Waals surface area contributed by atoms with Gasteiger partial charge in [0.2, 0.25) is 5.91 Å². The molecule has 6 rings (SSSR count). The van der Waals surface area contributed by atoms with Crippen LogP contribution < -0.4 is 15.0 Å². The minimum absolute atomic E-state index is 0.00178. The zero-order valence-corrected chi connectivity index (χ0v) is 20.1. The van der Waals surface area contributed by atoms with E-state index in [0.717, 1.165) is 72.3 Å². The number of aryl methyl sites for hydroxylation is 3. The molecule has 1 aromatic carbocycles. The molecule has 34 heavy (non-hydrogen) atoms. The number of aromatic nitrogens is 2. The minimum atomic E-state index is -0.00178. The van der Waals surface area contributed by atoms with Gasteiger partial charge in [-0.05, 0) is 61.8 Å². The predicted octanol–water partition coefficient (Wildman–Crippen LogP) is 4.25. The van der Waals surface area contributed by atoms with E-state index in [4.69, 9.17) is 9.47 Å². The average molecular weight is 480 g/mol. The van der Waals surface area contributed by atoms with Crippen LogP contribution in [0.15, 0.2) is 29.3 Å². The van der Waals surface area contributed by atoms with Crippen molar-refractivity contribution in [1.82, 2.24) is 14.5 Å². The molecule has 0 bridgehead atoms. The summed E-state index contributed by atoms with van der Waals surface area (Å²) in [5, 5.41) is 0.779. The largest absolute Gasteiger partial charge is 0.490 e. The first kappa shape index (κ1) is 21.6. The minimum Gasteiger partial charge on any atom is -0.490 e. The Labute approximate surface area is 202 Å². The lowest BCUT2D eigenvalue weighted by atomic mass is 9.97. The number of amides is 1. The zero-order chi connectivity index (χ0) is 23.1. The third kappa shape index (κ3) is 3.87. The lowest BCUT2D eigenvalue weighted by Crippen LogP contribution is -2.32. The molecule has 2 aromatic heterocycles. The standard InChI is InChI=1S/C26H29N3O4S/c30-23(10-12-28-16-27-25-24(26(28)31)18-5-1-2-7-22(18)34-25)29-11-3-6-19(29)17-8-9-20-21(15-17)33-14-4-13-32-20/h8-9,15-16,19H,1-7,10-14H2/t19-/m0/s1. The Balaban J connectivity index is 1.19. The third-order valence-corrected chi connectivity index (χ3v) is 8.44. The number of hydrogen-bond acceptors (Lipinski definition) is 6. The summed E-state index contributed by atoms with van der Waals surface area (Å²) in [4.78, 5) is 35.1. The van der Waals surface area contributed by atoms with Crippen molar-refractivity contribution < 1.29 is 14.3 Å². The maximum Gasteiger partial charge on any atom is 0.262 e. The first-order valence-electron chi connectivity index (χ1n) is 12.4. The van der Waals surface area contributed by atoms with Gasteiger partial charge in [0.1, 0.15) is 4.83 Å². The molecule has 2 aliphatic heterocycles. The molecule has 1 amide bonds. The second-order valence-electron chi connectivity index (χ2n) is 9.39. The topological polar surface area (TPSA) is 73.7 Å². The van der Waals surface area contributed by atoms with E-state index in [1.165, 1.54) is 16.9 Å². The Morgan fingerprint density at radius 1 is 1.09 bits per heavy atom. The smallest absolute Gasteiger partial charge is 0.262 e. The predicted molar refractivity (Wildman–Crippen MR) is 131 cm³/mol. The summed E-state index contributed by atoms with van der Waals surface area (Å²) in [6, 6.07) is 6.06. The van der Waals surface area contributed by atoms with Gasteiger partial charge in [0.15, 0.2) is 11.5 Å². The van der Waals surface area contributed by atoms with E-state index in [9.17, 15) is 9.59 Å². The number of thiophene rings is 1. The molecule has 0 radical (unpaired) electrons. The highest BCUT2D eigenvalue weighted by atomic mass is 32.1. The van der Waals surface area contributed by atoms with Gasteiger partial charge in [0, 0.05) is 30.8 Å². The van der Waals surface area contributed by atoms with Crippen molar-refractivity contribution in [2.45, 2.75) is 64.0 Å². The normalized spacial score (nSPS) is 19.8. The first-order chi connectivity index (χ1) is 16.7. The van der Waals surface area contributed by atoms with Crippen LogP contribution in [0, 0.1) is 0 Å². The lowest BCUT2D eigenvalue weighted by molar-refractivity contribution is -0.132. The molecule has 8 heteroatoms. The number of likely N-dealkylation sites (tertiary alicyclic amines) is 1. The molecular weight excluding hydrogens is 450 g/mol. The van der Waals surface area contributed by atoms with E-state index in [-0.39, 0.29) is 17.5 Å². The number of nitrogens with zero attached hydrogens (tertiary/aromatic N) is 3. The quantitative estimate of drug-likeness (QED) is 0.559. The lowest BCUT2D eigenvalue weighted by Gasteiger charge is -2.26. The Hall–Kier alpha value is -2.87. The molecule has 1 saturated heterocycles. The van der Waals surface area contributed by atoms with Crippen LogP contribution in [0.4, 0.5) is 0 Å². The van der Waals surface area contributed by atoms with Crippen molar-refractivity contribution in [3.63, 3.8) is 0 Å². The van der Waals surface area contributed by atoms with E-state index >= 15 is 0 Å². The Kier molecular flexibility index (Phi) is 5.77. The van der Waals surface area contributed by atoms with Crippen molar-refractivity contribution in [1.29, 1.82) is 0 Å². The van der Waals surface area contributed by atoms with Gasteiger partial charge in [0.05, 0.1) is 31.0 Å². The molecule has 1 aliphatic carbocycles. The molecule has 7 nitrogen and oxygen atoms in total. The monoisotopic (exact) mass is 479 g/mol. The maximum atomic E-state index is 13.2. The average Bonchev–Trinajstić information content (AvgIpc) is 3.42. The fourth-order valence-electron chi connectivity index (χ4n) is 5.50. The highest BCUT2D eigenvalue weighted by molar-refractivity contribution is 7.18. The van der Waals surface area contributed by atoms with Gasteiger partial charge in [0.25, 0.3) is 5.56 Å². The van der Waals surface area contributed by atoms with Gasteiger partial charge < -0.3 is 14.4 Å². The molecule has 3 aromatic rings. The zero-order valence-electron chi connectivity index (χ0n) is 19.3. The Morgan fingerprint density at radius 2 is 1.94 bits per heavy atom. The summed E-state index contributed by atoms with van der Waals surface area (Å²) in [6.07, 6.45) is 8.99. The van der Waals surface area contributed by atoms with Gasteiger partial charge >= 0.3 is 0 Å². The number of ether oxygens (including phenoxy) is 2. The summed E-state index contributed by atoms with van der Waals surface area (Å²) >= 11 is 1.66. The Bertz CT molecular complexity index is 1300. The third-order valence-electron chi connectivity index (χ3n) is 7.24. The Morgan fingerprint density at radius 3 is 2.85 bits per heavy atom. The van der Waals surface area contributed by atoms with Crippen molar-refractivity contribution in [3.05, 3.63) is 50.9 Å². The molecule has 0 unspecified atom stereocenters. The molecule has 0 N–H and O–H groups in total. The van der Waals surface area contributed by atoms with E-state index in [1.807, 2.05) is 23.1 Å². The summed E-state index contributed by atoms with van der Waals surface area (Å²) in [5.41, 5.74) is 2.27. The molecule has 0 spiro atoms. The van der Waals surface area contributed by atoms with Crippen LogP contribution in [0.2, 0.25) is 0 Å². The highest BCUT2D eigenvalue weighted by Crippen LogP contribution is 2.38. The number of benzene rings is 1. The van der Waals surface area contributed by atoms with Crippen LogP contribution in [0.3, 0.4) is 0 Å². The second kappa shape index (κ2) is 9.06. The van der Waals surface area contributed by atoms with Crippen LogP contribution >= 0.6 is 11.3 Å². The maximum absolute atomic E-state index is 13.2. The van der Waals surface area contributed by atoms with Gasteiger partial charge in [-0.15, -0.1) is 11.3 Å². The van der Waals surface area contributed by atoms with Crippen LogP contribution in [-0.2, 0) is 24.2 Å². The molecule has 0 saturated carbocycles. The number of rotatable bonds is 4. The highest BCUT2D eigenvalue weighted by Gasteiger charge is 2.30. The van der Waals surface area contributed by atoms with E-state index in [2.05, 4.69) is 4.98 Å². The second-order valence-corrected chi connectivity index (χ2v) is 10.5. The van der Waals surface area contributed by atoms with Crippen LogP contribution in [0.5, 0.6) is 11.5 Å². The van der Waals surface area contributed by atoms with Crippen molar-refractivity contribution in [2.75, 3.05) is 19.8 Å². The number of carbonyl (C=O) groups is 1. The summed E-state index contributed by atoms with van der Waals surface area (Å²) < 4.78 is 13.2. The summed E-state index contributed by atoms with van der Waals surface area (Å²) in [5.74, 6) is 1.61. The molecular formula is C26H29N3O4S. The summed E-state index contributed by atoms with van der Waals surface area (Å²) in [6.45, 7) is 2.40. The summed E-state index contributed by atoms with van der Waals surface area (Å²) in [7, 11) is 0. The number of hydrogen-bond donors (Lipinski definition) is 0. The fraction of sp³-hybridized carbons (Fsp3) is 0.500. The van der Waals surface area contributed by atoms with E-state index in [1.54, 1.807) is 22.2 Å². The van der Waals surface area contributed by atoms with Gasteiger partial charge in [-0.3, -0.25) is 14.2 Å². The fourth-order valence-corrected chi connectivity index (χ4v) is 6.72. The van der Waals surface area contributed by atoms with Crippen molar-refractivity contribution >= 4 is 27.5 Å². The van der Waals surface area contributed by atoms with Crippen LogP contribution in [-0.4, -0.2) is 40.1 Å². The van der Waals surface area contributed by atoms with Gasteiger partial charge in [-0.2, -0.15) is 0 Å². The molecule has 1 atom stereocenters. The van der Waals surface area contributed by atoms with E-state index in [0.29, 0.717) is 26.2 Å². The molecule has 1 fully saturated rings. The number of fused-ring (bicyclic) bond motifs is 4. The number of carbonyl (C=O) groups excluding carboxylic acids is 1. The van der Waals surface area contributed by atoms with Crippen molar-refractivity contribution in [3.8, 4) is 11.5 Å². The SMILES string of the molecule is O=C(CCn1cnc2sc3c(c2c1=O)CCCC3)N1CCC[C@H]1c1ccc2c(c1)OCCCO2. The van der Waals surface area contributed by atoms with E-state index < -0.39 is 0 Å².